The van der Waals surface area contributed by atoms with Crippen LogP contribution in [-0.2, 0) is 14.8 Å². The Bertz CT molecular complexity index is 942. The molecule has 2 aromatic rings. The summed E-state index contributed by atoms with van der Waals surface area (Å²) in [5.41, 5.74) is 2.19. The van der Waals surface area contributed by atoms with Crippen LogP contribution >= 0.6 is 11.8 Å². The molecule has 1 N–H and O–H groups in total. The third-order valence-electron chi connectivity index (χ3n) is 4.19. The predicted octanol–water partition coefficient (Wildman–Crippen LogP) is 4.03. The summed E-state index contributed by atoms with van der Waals surface area (Å²) in [5, 5.41) is 2.98. The van der Waals surface area contributed by atoms with Gasteiger partial charge in [0, 0.05) is 23.1 Å². The molecule has 138 valence electrons. The number of carbonyl (C=O) groups is 1. The van der Waals surface area contributed by atoms with Gasteiger partial charge in [-0.3, -0.25) is 9.10 Å². The van der Waals surface area contributed by atoms with Gasteiger partial charge in [-0.05, 0) is 49.7 Å². The Labute approximate surface area is 158 Å². The molecule has 0 saturated heterocycles. The van der Waals surface area contributed by atoms with Crippen molar-refractivity contribution in [1.82, 2.24) is 0 Å². The van der Waals surface area contributed by atoms with E-state index in [0.29, 0.717) is 24.3 Å². The predicted molar refractivity (Wildman–Crippen MR) is 106 cm³/mol. The van der Waals surface area contributed by atoms with Crippen LogP contribution in [0.2, 0.25) is 0 Å². The highest BCUT2D eigenvalue weighted by atomic mass is 32.2. The largest absolute Gasteiger partial charge is 0.325 e. The first kappa shape index (κ1) is 18.8. The first-order chi connectivity index (χ1) is 12.3. The third-order valence-corrected chi connectivity index (χ3v) is 7.27. The van der Waals surface area contributed by atoms with Gasteiger partial charge < -0.3 is 5.32 Å². The highest BCUT2D eigenvalue weighted by Gasteiger charge is 2.26. The number of thioether (sulfide) groups is 1. The minimum Gasteiger partial charge on any atom is -0.325 e. The van der Waals surface area contributed by atoms with Gasteiger partial charge in [0.05, 0.1) is 16.3 Å². The lowest BCUT2D eigenvalue weighted by Gasteiger charge is -2.24. The van der Waals surface area contributed by atoms with E-state index in [2.05, 4.69) is 5.32 Å². The van der Waals surface area contributed by atoms with Crippen LogP contribution in [0.3, 0.4) is 0 Å². The number of carbonyl (C=O) groups excluding carboxylic acids is 1. The molecule has 1 atom stereocenters. The zero-order valence-corrected chi connectivity index (χ0v) is 16.7. The topological polar surface area (TPSA) is 66.5 Å². The van der Waals surface area contributed by atoms with Gasteiger partial charge in [-0.25, -0.2) is 8.42 Å². The fourth-order valence-corrected chi connectivity index (χ4v) is 5.54. The zero-order chi connectivity index (χ0) is 18.9. The zero-order valence-electron chi connectivity index (χ0n) is 15.0. The lowest BCUT2D eigenvalue weighted by molar-refractivity contribution is -0.116. The molecular formula is C19H22N2O3S2. The van der Waals surface area contributed by atoms with Crippen molar-refractivity contribution in [3.63, 3.8) is 0 Å². The Balaban J connectivity index is 2.03. The minimum atomic E-state index is -3.72. The van der Waals surface area contributed by atoms with E-state index < -0.39 is 10.0 Å². The number of sulfonamides is 1. The summed E-state index contributed by atoms with van der Waals surface area (Å²) in [6.45, 7) is 6.05. The molecule has 0 fully saturated rings. The maximum Gasteiger partial charge on any atom is 0.264 e. The van der Waals surface area contributed by atoms with Gasteiger partial charge in [-0.2, -0.15) is 0 Å². The van der Waals surface area contributed by atoms with Gasteiger partial charge in [0.25, 0.3) is 10.0 Å². The van der Waals surface area contributed by atoms with Gasteiger partial charge in [0.1, 0.15) is 0 Å². The van der Waals surface area contributed by atoms with Crippen LogP contribution in [0.1, 0.15) is 25.8 Å². The quantitative estimate of drug-likeness (QED) is 0.856. The van der Waals surface area contributed by atoms with E-state index in [-0.39, 0.29) is 16.1 Å². The van der Waals surface area contributed by atoms with Crippen molar-refractivity contribution in [2.24, 2.45) is 0 Å². The Hall–Kier alpha value is -1.99. The van der Waals surface area contributed by atoms with Crippen LogP contribution in [0.15, 0.2) is 52.3 Å². The molecule has 1 aliphatic heterocycles. The smallest absolute Gasteiger partial charge is 0.264 e. The summed E-state index contributed by atoms with van der Waals surface area (Å²) in [6, 6.07) is 12.4. The molecule has 2 aromatic carbocycles. The molecule has 5 nitrogen and oxygen atoms in total. The van der Waals surface area contributed by atoms with E-state index in [0.717, 1.165) is 10.5 Å². The Morgan fingerprint density at radius 1 is 1.23 bits per heavy atom. The molecule has 0 aromatic heterocycles. The Kier molecular flexibility index (Phi) is 5.29. The molecule has 0 radical (unpaired) electrons. The molecule has 7 heteroatoms. The molecule has 1 aliphatic rings. The molecule has 0 saturated carbocycles. The van der Waals surface area contributed by atoms with Gasteiger partial charge in [0.15, 0.2) is 0 Å². The number of nitrogens with one attached hydrogen (secondary N) is 1. The van der Waals surface area contributed by atoms with Crippen LogP contribution < -0.4 is 9.62 Å². The van der Waals surface area contributed by atoms with Gasteiger partial charge in [-0.1, -0.05) is 19.1 Å². The van der Waals surface area contributed by atoms with E-state index in [9.17, 15) is 13.2 Å². The highest BCUT2D eigenvalue weighted by Crippen LogP contribution is 2.37. The normalized spacial score (nSPS) is 17.2. The van der Waals surface area contributed by atoms with Crippen molar-refractivity contribution in [2.75, 3.05) is 16.2 Å². The number of fused-ring (bicyclic) bond motifs is 1. The molecule has 0 bridgehead atoms. The average Bonchev–Trinajstić information content (AvgIpc) is 2.70. The molecule has 1 heterocycles. The lowest BCUT2D eigenvalue weighted by atomic mass is 10.2. The number of amides is 1. The van der Waals surface area contributed by atoms with E-state index in [1.54, 1.807) is 36.0 Å². The van der Waals surface area contributed by atoms with Crippen LogP contribution in [0.25, 0.3) is 0 Å². The van der Waals surface area contributed by atoms with E-state index in [1.807, 2.05) is 39.0 Å². The van der Waals surface area contributed by atoms with E-state index in [1.165, 1.54) is 4.31 Å². The van der Waals surface area contributed by atoms with Crippen LogP contribution in [0.5, 0.6) is 0 Å². The number of anilines is 2. The molecule has 0 aliphatic carbocycles. The molecule has 0 spiro atoms. The van der Waals surface area contributed by atoms with Gasteiger partial charge >= 0.3 is 0 Å². The van der Waals surface area contributed by atoms with Crippen LogP contribution in [0, 0.1) is 6.92 Å². The Morgan fingerprint density at radius 2 is 2.00 bits per heavy atom. The third kappa shape index (κ3) is 3.73. The molecule has 1 amide bonds. The van der Waals surface area contributed by atoms with Crippen molar-refractivity contribution in [1.29, 1.82) is 0 Å². The summed E-state index contributed by atoms with van der Waals surface area (Å²) in [7, 11) is -3.72. The maximum atomic E-state index is 13.2. The standard InChI is InChI=1S/C19H22N2O3S2/c1-4-21(15-7-5-6-13(2)10-15)26(23,24)16-8-9-18-17(12-16)20-19(22)11-14(3)25-18/h5-10,12,14H,4,11H2,1-3H3,(H,20,22)/t14-/m0/s1. The molecule has 26 heavy (non-hydrogen) atoms. The summed E-state index contributed by atoms with van der Waals surface area (Å²) in [6.07, 6.45) is 0.409. The SMILES string of the molecule is CCN(c1cccc(C)c1)S(=O)(=O)c1ccc2c(c1)NC(=O)C[C@H](C)S2. The average molecular weight is 391 g/mol. The van der Waals surface area contributed by atoms with Crippen molar-refractivity contribution in [2.45, 2.75) is 42.2 Å². The number of hydrogen-bond donors (Lipinski definition) is 1. The second-order valence-electron chi connectivity index (χ2n) is 6.35. The fourth-order valence-electron chi connectivity index (χ4n) is 2.99. The number of aryl methyl sites for hydroxylation is 1. The number of hydrogen-bond acceptors (Lipinski definition) is 4. The monoisotopic (exact) mass is 390 g/mol. The highest BCUT2D eigenvalue weighted by molar-refractivity contribution is 8.00. The van der Waals surface area contributed by atoms with Crippen molar-refractivity contribution >= 4 is 39.1 Å². The molecule has 0 unspecified atom stereocenters. The summed E-state index contributed by atoms with van der Waals surface area (Å²) >= 11 is 1.58. The summed E-state index contributed by atoms with van der Waals surface area (Å²) in [5.74, 6) is -0.0932. The number of nitrogens with zero attached hydrogens (tertiary/aromatic N) is 1. The number of rotatable bonds is 4. The van der Waals surface area contributed by atoms with Crippen molar-refractivity contribution in [3.05, 3.63) is 48.0 Å². The minimum absolute atomic E-state index is 0.0932. The van der Waals surface area contributed by atoms with Gasteiger partial charge in [-0.15, -0.1) is 11.8 Å². The first-order valence-corrected chi connectivity index (χ1v) is 10.8. The van der Waals surface area contributed by atoms with Crippen molar-refractivity contribution in [3.8, 4) is 0 Å². The van der Waals surface area contributed by atoms with Crippen LogP contribution in [-0.4, -0.2) is 26.1 Å². The van der Waals surface area contributed by atoms with E-state index >= 15 is 0 Å². The van der Waals surface area contributed by atoms with E-state index in [4.69, 9.17) is 0 Å². The lowest BCUT2D eigenvalue weighted by Crippen LogP contribution is -2.30. The second kappa shape index (κ2) is 7.32. The summed E-state index contributed by atoms with van der Waals surface area (Å²) in [4.78, 5) is 13.0. The Morgan fingerprint density at radius 3 is 2.69 bits per heavy atom. The fraction of sp³-hybridized carbons (Fsp3) is 0.316. The van der Waals surface area contributed by atoms with Crippen molar-refractivity contribution < 1.29 is 13.2 Å². The van der Waals surface area contributed by atoms with Gasteiger partial charge in [0.2, 0.25) is 5.91 Å². The summed E-state index contributed by atoms with van der Waals surface area (Å²) < 4.78 is 27.8. The second-order valence-corrected chi connectivity index (χ2v) is 9.69. The molecular weight excluding hydrogens is 368 g/mol. The van der Waals surface area contributed by atoms with Crippen LogP contribution in [0.4, 0.5) is 11.4 Å². The maximum absolute atomic E-state index is 13.2. The first-order valence-electron chi connectivity index (χ1n) is 8.51. The molecule has 3 rings (SSSR count). The number of benzene rings is 2.